The first-order valence-electron chi connectivity index (χ1n) is 8.88. The SMILES string of the molecule is CCC(=O)N(CCNC(=O)OC(C)(C)C)CC(=O)c1cc(C)ccc1C. The van der Waals surface area contributed by atoms with Crippen molar-refractivity contribution in [2.45, 2.75) is 53.6 Å². The molecule has 1 aromatic carbocycles. The second-order valence-electron chi connectivity index (χ2n) is 7.34. The molecule has 0 radical (unpaired) electrons. The molecular weight excluding hydrogens is 332 g/mol. The summed E-state index contributed by atoms with van der Waals surface area (Å²) < 4.78 is 5.17. The standard InChI is InChI=1S/C20H30N2O4/c1-7-18(24)22(11-10-21-19(25)26-20(4,5)6)13-17(23)16-12-14(2)8-9-15(16)3/h8-9,12H,7,10-11,13H2,1-6H3,(H,21,25). The predicted molar refractivity (Wildman–Crippen MR) is 101 cm³/mol. The van der Waals surface area contributed by atoms with Crippen molar-refractivity contribution in [3.63, 3.8) is 0 Å². The molecule has 6 heteroatoms. The Hall–Kier alpha value is -2.37. The second-order valence-corrected chi connectivity index (χ2v) is 7.34. The van der Waals surface area contributed by atoms with Crippen LogP contribution in [0.5, 0.6) is 0 Å². The number of Topliss-reactive ketones (excluding diaryl/α,β-unsaturated/α-hetero) is 1. The van der Waals surface area contributed by atoms with E-state index in [0.717, 1.165) is 11.1 Å². The third kappa shape index (κ3) is 7.25. The van der Waals surface area contributed by atoms with Crippen LogP contribution in [0.25, 0.3) is 0 Å². The van der Waals surface area contributed by atoms with Gasteiger partial charge < -0.3 is 15.0 Å². The first-order chi connectivity index (χ1) is 12.0. The van der Waals surface area contributed by atoms with Gasteiger partial charge in [-0.25, -0.2) is 4.79 Å². The Morgan fingerprint density at radius 2 is 1.81 bits per heavy atom. The minimum atomic E-state index is -0.582. The van der Waals surface area contributed by atoms with Crippen LogP contribution in [0.15, 0.2) is 18.2 Å². The molecule has 0 saturated heterocycles. The van der Waals surface area contributed by atoms with E-state index < -0.39 is 11.7 Å². The monoisotopic (exact) mass is 362 g/mol. The fourth-order valence-electron chi connectivity index (χ4n) is 2.42. The molecular formula is C20H30N2O4. The summed E-state index contributed by atoms with van der Waals surface area (Å²) in [6.07, 6.45) is -0.241. The van der Waals surface area contributed by atoms with E-state index >= 15 is 0 Å². The van der Waals surface area contributed by atoms with E-state index in [-0.39, 0.29) is 31.3 Å². The molecule has 0 aliphatic rings. The Balaban J connectivity index is 2.70. The quantitative estimate of drug-likeness (QED) is 0.756. The topological polar surface area (TPSA) is 75.7 Å². The highest BCUT2D eigenvalue weighted by Gasteiger charge is 2.19. The number of carbonyl (C=O) groups excluding carboxylic acids is 3. The van der Waals surface area contributed by atoms with Crippen LogP contribution in [0.1, 0.15) is 55.6 Å². The smallest absolute Gasteiger partial charge is 0.407 e. The average molecular weight is 362 g/mol. The zero-order valence-corrected chi connectivity index (χ0v) is 16.6. The van der Waals surface area contributed by atoms with Crippen molar-refractivity contribution in [2.24, 2.45) is 0 Å². The van der Waals surface area contributed by atoms with Crippen molar-refractivity contribution >= 4 is 17.8 Å². The van der Waals surface area contributed by atoms with Gasteiger partial charge in [0.1, 0.15) is 5.60 Å². The number of ether oxygens (including phenoxy) is 1. The molecule has 1 rings (SSSR count). The van der Waals surface area contributed by atoms with E-state index in [4.69, 9.17) is 4.74 Å². The van der Waals surface area contributed by atoms with Crippen LogP contribution in [0.3, 0.4) is 0 Å². The molecule has 0 saturated carbocycles. The fraction of sp³-hybridized carbons (Fsp3) is 0.550. The molecule has 6 nitrogen and oxygen atoms in total. The van der Waals surface area contributed by atoms with Crippen LogP contribution in [0.2, 0.25) is 0 Å². The van der Waals surface area contributed by atoms with E-state index in [1.807, 2.05) is 32.0 Å². The van der Waals surface area contributed by atoms with Crippen molar-refractivity contribution in [2.75, 3.05) is 19.6 Å². The Bertz CT molecular complexity index is 662. The summed E-state index contributed by atoms with van der Waals surface area (Å²) >= 11 is 0. The van der Waals surface area contributed by atoms with Gasteiger partial charge >= 0.3 is 6.09 Å². The summed E-state index contributed by atoms with van der Waals surface area (Å²) in [5.41, 5.74) is 1.93. The zero-order chi connectivity index (χ0) is 19.9. The Morgan fingerprint density at radius 3 is 2.38 bits per heavy atom. The fourth-order valence-corrected chi connectivity index (χ4v) is 2.42. The van der Waals surface area contributed by atoms with E-state index in [2.05, 4.69) is 5.32 Å². The summed E-state index contributed by atoms with van der Waals surface area (Å²) in [7, 11) is 0. The molecule has 0 aromatic heterocycles. The Morgan fingerprint density at radius 1 is 1.15 bits per heavy atom. The van der Waals surface area contributed by atoms with Gasteiger partial charge in [0.2, 0.25) is 5.91 Å². The lowest BCUT2D eigenvalue weighted by molar-refractivity contribution is -0.130. The van der Waals surface area contributed by atoms with Crippen molar-refractivity contribution < 1.29 is 19.1 Å². The Labute approximate surface area is 155 Å². The zero-order valence-electron chi connectivity index (χ0n) is 16.6. The third-order valence-corrected chi connectivity index (χ3v) is 3.73. The summed E-state index contributed by atoms with van der Waals surface area (Å²) in [4.78, 5) is 38.0. The molecule has 0 heterocycles. The number of nitrogens with one attached hydrogen (secondary N) is 1. The number of hydrogen-bond donors (Lipinski definition) is 1. The predicted octanol–water partition coefficient (Wildman–Crippen LogP) is 3.25. The number of nitrogens with zero attached hydrogens (tertiary/aromatic N) is 1. The van der Waals surface area contributed by atoms with Gasteiger partial charge in [-0.05, 0) is 46.2 Å². The van der Waals surface area contributed by atoms with Crippen LogP contribution in [0, 0.1) is 13.8 Å². The highest BCUT2D eigenvalue weighted by Crippen LogP contribution is 2.12. The molecule has 0 spiro atoms. The van der Waals surface area contributed by atoms with Crippen molar-refractivity contribution in [3.05, 3.63) is 34.9 Å². The molecule has 0 unspecified atom stereocenters. The lowest BCUT2D eigenvalue weighted by Gasteiger charge is -2.23. The van der Waals surface area contributed by atoms with Crippen LogP contribution >= 0.6 is 0 Å². The van der Waals surface area contributed by atoms with Gasteiger partial charge in [0.25, 0.3) is 0 Å². The maximum absolute atomic E-state index is 12.6. The summed E-state index contributed by atoms with van der Waals surface area (Å²) in [5, 5.41) is 2.62. The van der Waals surface area contributed by atoms with Crippen LogP contribution in [-0.2, 0) is 9.53 Å². The number of alkyl carbamates (subject to hydrolysis) is 1. The van der Waals surface area contributed by atoms with Crippen LogP contribution < -0.4 is 5.32 Å². The molecule has 0 atom stereocenters. The minimum Gasteiger partial charge on any atom is -0.444 e. The molecule has 0 aliphatic carbocycles. The number of benzene rings is 1. The van der Waals surface area contributed by atoms with Crippen molar-refractivity contribution in [1.29, 1.82) is 0 Å². The molecule has 2 amide bonds. The highest BCUT2D eigenvalue weighted by molar-refractivity contribution is 6.00. The van der Waals surface area contributed by atoms with Crippen molar-refractivity contribution in [1.82, 2.24) is 10.2 Å². The third-order valence-electron chi connectivity index (χ3n) is 3.73. The van der Waals surface area contributed by atoms with E-state index in [9.17, 15) is 14.4 Å². The first-order valence-corrected chi connectivity index (χ1v) is 8.88. The molecule has 0 aliphatic heterocycles. The second kappa shape index (κ2) is 9.36. The van der Waals surface area contributed by atoms with E-state index in [0.29, 0.717) is 12.0 Å². The maximum Gasteiger partial charge on any atom is 0.407 e. The maximum atomic E-state index is 12.6. The summed E-state index contributed by atoms with van der Waals surface area (Å²) in [5.74, 6) is -0.236. The summed E-state index contributed by atoms with van der Waals surface area (Å²) in [6.45, 7) is 11.4. The van der Waals surface area contributed by atoms with Gasteiger partial charge in [0, 0.05) is 25.1 Å². The van der Waals surface area contributed by atoms with Gasteiger partial charge in [-0.2, -0.15) is 0 Å². The first kappa shape index (κ1) is 21.7. The van der Waals surface area contributed by atoms with Gasteiger partial charge in [0.05, 0.1) is 6.54 Å². The van der Waals surface area contributed by atoms with Gasteiger partial charge in [-0.15, -0.1) is 0 Å². The minimum absolute atomic E-state index is 0.00698. The molecule has 144 valence electrons. The summed E-state index contributed by atoms with van der Waals surface area (Å²) in [6, 6.07) is 5.69. The number of rotatable bonds is 7. The molecule has 0 bridgehead atoms. The van der Waals surface area contributed by atoms with Gasteiger partial charge in [-0.1, -0.05) is 24.6 Å². The number of carbonyl (C=O) groups is 3. The lowest BCUT2D eigenvalue weighted by atomic mass is 10.0. The lowest BCUT2D eigenvalue weighted by Crippen LogP contribution is -2.42. The van der Waals surface area contributed by atoms with E-state index in [1.54, 1.807) is 27.7 Å². The van der Waals surface area contributed by atoms with Crippen LogP contribution in [0.4, 0.5) is 4.79 Å². The van der Waals surface area contributed by atoms with E-state index in [1.165, 1.54) is 4.90 Å². The molecule has 1 N–H and O–H groups in total. The normalized spacial score (nSPS) is 11.0. The average Bonchev–Trinajstić information content (AvgIpc) is 2.53. The van der Waals surface area contributed by atoms with Gasteiger partial charge in [-0.3, -0.25) is 9.59 Å². The Kier molecular flexibility index (Phi) is 7.80. The largest absolute Gasteiger partial charge is 0.444 e. The number of ketones is 1. The molecule has 26 heavy (non-hydrogen) atoms. The molecule has 0 fully saturated rings. The molecule has 1 aromatic rings. The highest BCUT2D eigenvalue weighted by atomic mass is 16.6. The van der Waals surface area contributed by atoms with Crippen LogP contribution in [-0.4, -0.2) is 47.9 Å². The number of hydrogen-bond acceptors (Lipinski definition) is 4. The van der Waals surface area contributed by atoms with Crippen molar-refractivity contribution in [3.8, 4) is 0 Å². The van der Waals surface area contributed by atoms with Gasteiger partial charge in [0.15, 0.2) is 5.78 Å². The number of aryl methyl sites for hydroxylation is 2. The number of amides is 2.